The van der Waals surface area contributed by atoms with Crippen LogP contribution in [0.1, 0.15) is 262 Å². The van der Waals surface area contributed by atoms with Crippen molar-refractivity contribution >= 4 is 23.6 Å². The van der Waals surface area contributed by atoms with Gasteiger partial charge in [0.15, 0.2) is 0 Å². The van der Waals surface area contributed by atoms with Gasteiger partial charge in [0.05, 0.1) is 6.42 Å². The molecule has 7 nitrogen and oxygen atoms in total. The van der Waals surface area contributed by atoms with Crippen LogP contribution in [0.25, 0.3) is 0 Å². The molecule has 0 N–H and O–H groups in total. The molecule has 2 fully saturated rings. The first kappa shape index (κ1) is 57.4. The number of carbonyl (C=O) groups excluding carboxylic acids is 4. The number of hydrogen-bond donors (Lipinski definition) is 0. The number of imide groups is 1. The van der Waals surface area contributed by atoms with E-state index in [0.29, 0.717) is 18.7 Å². The Morgan fingerprint density at radius 3 is 1.44 bits per heavy atom. The number of hydrogen-bond acceptors (Lipinski definition) is 4. The number of benzene rings is 1. The largest absolute Gasteiger partial charge is 0.326 e. The van der Waals surface area contributed by atoms with Gasteiger partial charge in [-0.15, -0.1) is 0 Å². The van der Waals surface area contributed by atoms with Gasteiger partial charge in [0.2, 0.25) is 5.91 Å². The minimum atomic E-state index is -0.692. The van der Waals surface area contributed by atoms with Gasteiger partial charge < -0.3 is 9.80 Å². The lowest BCUT2D eigenvalue weighted by Crippen LogP contribution is -2.46. The Morgan fingerprint density at radius 2 is 0.956 bits per heavy atom. The Kier molecular flexibility index (Phi) is 29.5. The molecule has 7 heteroatoms. The molecule has 1 saturated carbocycles. The SMILES string of the molecule is C=C1C=CC(=O)N1CCCCCCCCC1CCC(CCCCCC)C(CCCCCCCC)C1CCCCCCCCN1C(=O)CC(N(CCCCCCCCC)C(=O)c2ccccc2)C1=O. The fourth-order valence-electron chi connectivity index (χ4n) is 12.2. The molecule has 4 rings (SSSR count). The highest BCUT2D eigenvalue weighted by Crippen LogP contribution is 2.48. The van der Waals surface area contributed by atoms with E-state index in [1.165, 1.54) is 185 Å². The fraction of sp³-hybridized carbons (Fsp3) is 0.770. The predicted octanol–water partition coefficient (Wildman–Crippen LogP) is 16.4. The second-order valence-electron chi connectivity index (χ2n) is 21.6. The van der Waals surface area contributed by atoms with Gasteiger partial charge in [-0.25, -0.2) is 0 Å². The van der Waals surface area contributed by atoms with E-state index >= 15 is 0 Å². The topological polar surface area (TPSA) is 78.0 Å². The minimum absolute atomic E-state index is 0.0887. The van der Waals surface area contributed by atoms with E-state index in [0.717, 1.165) is 80.9 Å². The molecule has 0 radical (unpaired) electrons. The summed E-state index contributed by atoms with van der Waals surface area (Å²) in [4.78, 5) is 58.0. The highest BCUT2D eigenvalue weighted by molar-refractivity contribution is 6.08. The second-order valence-corrected chi connectivity index (χ2v) is 21.6. The van der Waals surface area contributed by atoms with Crippen molar-refractivity contribution in [2.24, 2.45) is 23.7 Å². The number of rotatable bonds is 40. The first-order valence-electron chi connectivity index (χ1n) is 29.2. The van der Waals surface area contributed by atoms with E-state index in [4.69, 9.17) is 0 Å². The van der Waals surface area contributed by atoms with Crippen LogP contribution in [0.15, 0.2) is 54.8 Å². The monoisotopic (exact) mass is 940 g/mol. The zero-order chi connectivity index (χ0) is 48.6. The molecule has 0 aromatic heterocycles. The number of likely N-dealkylation sites (tertiary alicyclic amines) is 1. The third-order valence-corrected chi connectivity index (χ3v) is 16.3. The van der Waals surface area contributed by atoms with Crippen LogP contribution in [0.5, 0.6) is 0 Å². The summed E-state index contributed by atoms with van der Waals surface area (Å²) < 4.78 is 0. The van der Waals surface area contributed by atoms with E-state index in [1.54, 1.807) is 11.0 Å². The molecule has 3 aliphatic rings. The Bertz CT molecular complexity index is 1570. The number of unbranched alkanes of at least 4 members (excludes halogenated alkanes) is 24. The molecule has 2 heterocycles. The zero-order valence-corrected chi connectivity index (χ0v) is 44.2. The molecule has 1 aliphatic carbocycles. The van der Waals surface area contributed by atoms with Crippen LogP contribution < -0.4 is 0 Å². The highest BCUT2D eigenvalue weighted by Gasteiger charge is 2.43. The van der Waals surface area contributed by atoms with Gasteiger partial charge in [-0.05, 0) is 86.8 Å². The quantitative estimate of drug-likeness (QED) is 0.0485. The normalized spacial score (nSPS) is 20.7. The Morgan fingerprint density at radius 1 is 0.529 bits per heavy atom. The van der Waals surface area contributed by atoms with Crippen molar-refractivity contribution < 1.29 is 19.2 Å². The fourth-order valence-corrected chi connectivity index (χ4v) is 12.2. The second kappa shape index (κ2) is 35.0. The van der Waals surface area contributed by atoms with Gasteiger partial charge in [-0.2, -0.15) is 0 Å². The summed E-state index contributed by atoms with van der Waals surface area (Å²) in [7, 11) is 0. The van der Waals surface area contributed by atoms with Gasteiger partial charge in [-0.3, -0.25) is 24.1 Å². The van der Waals surface area contributed by atoms with Gasteiger partial charge >= 0.3 is 0 Å². The predicted molar refractivity (Wildman–Crippen MR) is 285 cm³/mol. The van der Waals surface area contributed by atoms with Gasteiger partial charge in [0.1, 0.15) is 6.04 Å². The van der Waals surface area contributed by atoms with E-state index in [9.17, 15) is 19.2 Å². The van der Waals surface area contributed by atoms with E-state index in [1.807, 2.05) is 41.3 Å². The molecule has 5 atom stereocenters. The summed E-state index contributed by atoms with van der Waals surface area (Å²) in [5, 5.41) is 0. The molecule has 0 spiro atoms. The average Bonchev–Trinajstić information content (AvgIpc) is 3.82. The molecule has 1 aromatic rings. The lowest BCUT2D eigenvalue weighted by Gasteiger charge is -2.44. The summed E-state index contributed by atoms with van der Waals surface area (Å²) in [6.07, 6.45) is 48.3. The molecule has 2 aliphatic heterocycles. The van der Waals surface area contributed by atoms with Crippen LogP contribution in [0.4, 0.5) is 0 Å². The molecule has 0 bridgehead atoms. The maximum absolute atomic E-state index is 13.8. The molecule has 5 unspecified atom stereocenters. The lowest BCUT2D eigenvalue weighted by atomic mass is 9.61. The highest BCUT2D eigenvalue weighted by atomic mass is 16.2. The van der Waals surface area contributed by atoms with Crippen LogP contribution in [0.2, 0.25) is 0 Å². The van der Waals surface area contributed by atoms with Crippen LogP contribution in [-0.4, -0.2) is 64.0 Å². The van der Waals surface area contributed by atoms with Crippen molar-refractivity contribution in [2.75, 3.05) is 19.6 Å². The maximum Gasteiger partial charge on any atom is 0.254 e. The Labute approximate surface area is 417 Å². The van der Waals surface area contributed by atoms with Crippen LogP contribution in [0, 0.1) is 23.7 Å². The zero-order valence-electron chi connectivity index (χ0n) is 44.2. The molecule has 4 amide bonds. The molecule has 1 saturated heterocycles. The molecule has 1 aromatic carbocycles. The first-order chi connectivity index (χ1) is 33.3. The average molecular weight is 940 g/mol. The Balaban J connectivity index is 1.24. The summed E-state index contributed by atoms with van der Waals surface area (Å²) in [5.74, 6) is 3.20. The van der Waals surface area contributed by atoms with Crippen LogP contribution in [-0.2, 0) is 14.4 Å². The summed E-state index contributed by atoms with van der Waals surface area (Å²) in [6, 6.07) is 8.58. The standard InChI is InChI=1S/C61H101N3O4/c1-5-8-11-14-18-25-35-48-63(60(67)54-39-30-27-31-40-54)57-50-59(66)64(61(57)68)49-36-26-20-17-23-33-42-56-53(38-29-21-16-19-24-34-47-62-51(4)43-46-58(62)65)45-44-52(37-28-13-10-7-3)55(56)41-32-22-15-12-9-6-2/h27,30-31,39-40,43,46,52-53,55-57H,4-26,28-29,32-38,41-42,44-45,47-50H2,1-3H3. The molecule has 384 valence electrons. The maximum atomic E-state index is 13.8. The van der Waals surface area contributed by atoms with Gasteiger partial charge in [0, 0.05) is 37.0 Å². The minimum Gasteiger partial charge on any atom is -0.326 e. The Hall–Kier alpha value is -3.22. The van der Waals surface area contributed by atoms with Crippen LogP contribution in [0.3, 0.4) is 0 Å². The van der Waals surface area contributed by atoms with Crippen molar-refractivity contribution in [2.45, 2.75) is 258 Å². The third-order valence-electron chi connectivity index (χ3n) is 16.3. The summed E-state index contributed by atoms with van der Waals surface area (Å²) in [5.41, 5.74) is 1.42. The molecular formula is C61H101N3O4. The van der Waals surface area contributed by atoms with Crippen molar-refractivity contribution in [3.8, 4) is 0 Å². The number of carbonyl (C=O) groups is 4. The van der Waals surface area contributed by atoms with Crippen LogP contribution >= 0.6 is 0 Å². The van der Waals surface area contributed by atoms with E-state index < -0.39 is 6.04 Å². The summed E-state index contributed by atoms with van der Waals surface area (Å²) >= 11 is 0. The first-order valence-corrected chi connectivity index (χ1v) is 29.2. The van der Waals surface area contributed by atoms with Gasteiger partial charge in [-0.1, -0.05) is 225 Å². The number of amides is 4. The van der Waals surface area contributed by atoms with Crippen molar-refractivity contribution in [3.05, 3.63) is 60.3 Å². The van der Waals surface area contributed by atoms with Crippen molar-refractivity contribution in [3.63, 3.8) is 0 Å². The van der Waals surface area contributed by atoms with Crippen molar-refractivity contribution in [1.29, 1.82) is 0 Å². The third kappa shape index (κ3) is 20.6. The lowest BCUT2D eigenvalue weighted by molar-refractivity contribution is -0.139. The number of allylic oxidation sites excluding steroid dienone is 1. The number of nitrogens with zero attached hydrogens (tertiary/aromatic N) is 3. The molecular weight excluding hydrogens is 839 g/mol. The summed E-state index contributed by atoms with van der Waals surface area (Å²) in [6.45, 7) is 12.7. The molecule has 68 heavy (non-hydrogen) atoms. The van der Waals surface area contributed by atoms with Gasteiger partial charge in [0.25, 0.3) is 17.7 Å². The smallest absolute Gasteiger partial charge is 0.254 e. The van der Waals surface area contributed by atoms with E-state index in [2.05, 4.69) is 27.4 Å². The van der Waals surface area contributed by atoms with E-state index in [-0.39, 0.29) is 30.0 Å². The van der Waals surface area contributed by atoms with Crippen molar-refractivity contribution in [1.82, 2.24) is 14.7 Å².